The van der Waals surface area contributed by atoms with Crippen molar-refractivity contribution in [3.8, 4) is 0 Å². The van der Waals surface area contributed by atoms with Gasteiger partial charge < -0.3 is 16.0 Å². The molecule has 3 N–H and O–H groups in total. The summed E-state index contributed by atoms with van der Waals surface area (Å²) in [6.07, 6.45) is 5.27. The van der Waals surface area contributed by atoms with Crippen LogP contribution in [0.5, 0.6) is 0 Å². The number of likely N-dealkylation sites (tertiary alicyclic amines) is 1. The molecule has 6 nitrogen and oxygen atoms in total. The van der Waals surface area contributed by atoms with E-state index >= 15 is 0 Å². The van der Waals surface area contributed by atoms with Crippen LogP contribution in [0.3, 0.4) is 0 Å². The molecule has 0 saturated carbocycles. The first-order valence-electron chi connectivity index (χ1n) is 10.2. The van der Waals surface area contributed by atoms with E-state index in [1.54, 1.807) is 24.3 Å². The number of rotatable bonds is 5. The third-order valence-corrected chi connectivity index (χ3v) is 6.14. The molecular formula is C23H24ClFN4O2. The molecule has 0 radical (unpaired) electrons. The van der Waals surface area contributed by atoms with Gasteiger partial charge in [0.15, 0.2) is 0 Å². The van der Waals surface area contributed by atoms with Crippen LogP contribution in [-0.4, -0.2) is 46.9 Å². The molecule has 162 valence electrons. The predicted molar refractivity (Wildman–Crippen MR) is 119 cm³/mol. The largest absolute Gasteiger partial charge is 0.351 e. The summed E-state index contributed by atoms with van der Waals surface area (Å²) >= 11 is 5.99. The number of carbonyl (C=O) groups is 2. The number of nitrogens with one attached hydrogen (secondary N) is 1. The van der Waals surface area contributed by atoms with Crippen molar-refractivity contribution in [1.29, 1.82) is 0 Å². The normalized spacial score (nSPS) is 20.9. The molecule has 8 heteroatoms. The van der Waals surface area contributed by atoms with Gasteiger partial charge in [0, 0.05) is 42.8 Å². The zero-order chi connectivity index (χ0) is 22.0. The van der Waals surface area contributed by atoms with E-state index in [-0.39, 0.29) is 11.7 Å². The average molecular weight is 443 g/mol. The Hall–Kier alpha value is -2.90. The number of nitrogens with two attached hydrogens (primary N) is 1. The van der Waals surface area contributed by atoms with Crippen LogP contribution < -0.4 is 11.1 Å². The minimum Gasteiger partial charge on any atom is -0.351 e. The first-order chi connectivity index (χ1) is 14.9. The average Bonchev–Trinajstić information content (AvgIpc) is 2.95. The Morgan fingerprint density at radius 1 is 1.13 bits per heavy atom. The highest BCUT2D eigenvalue weighted by molar-refractivity contribution is 6.31. The van der Waals surface area contributed by atoms with Crippen LogP contribution in [-0.2, 0) is 11.3 Å². The van der Waals surface area contributed by atoms with Crippen molar-refractivity contribution in [3.05, 3.63) is 70.5 Å². The highest BCUT2D eigenvalue weighted by atomic mass is 35.5. The molecule has 2 aromatic carbocycles. The summed E-state index contributed by atoms with van der Waals surface area (Å²) in [6, 6.07) is 11.5. The predicted octanol–water partition coefficient (Wildman–Crippen LogP) is 3.86. The Morgan fingerprint density at radius 3 is 2.45 bits per heavy atom. The van der Waals surface area contributed by atoms with Crippen LogP contribution in [0.2, 0.25) is 5.02 Å². The molecule has 0 aromatic heterocycles. The smallest absolute Gasteiger partial charge is 0.316 e. The Bertz CT molecular complexity index is 997. The van der Waals surface area contributed by atoms with Crippen molar-refractivity contribution in [2.24, 2.45) is 5.73 Å². The lowest BCUT2D eigenvalue weighted by molar-refractivity contribution is -0.129. The fourth-order valence-corrected chi connectivity index (χ4v) is 4.58. The van der Waals surface area contributed by atoms with Gasteiger partial charge in [-0.3, -0.25) is 9.69 Å². The fourth-order valence-electron chi connectivity index (χ4n) is 4.41. The van der Waals surface area contributed by atoms with Gasteiger partial charge in [-0.2, -0.15) is 0 Å². The molecule has 0 aliphatic carbocycles. The van der Waals surface area contributed by atoms with Gasteiger partial charge >= 0.3 is 6.03 Å². The summed E-state index contributed by atoms with van der Waals surface area (Å²) in [5, 5.41) is 2.98. The molecule has 2 aromatic rings. The van der Waals surface area contributed by atoms with Crippen LogP contribution in [0.15, 0.2) is 48.5 Å². The molecule has 2 aliphatic heterocycles. The number of benzene rings is 2. The third-order valence-electron chi connectivity index (χ3n) is 5.90. The number of urea groups is 1. The van der Waals surface area contributed by atoms with Gasteiger partial charge in [-0.25, -0.2) is 9.18 Å². The van der Waals surface area contributed by atoms with E-state index in [4.69, 9.17) is 17.3 Å². The number of hydrogen-bond acceptors (Lipinski definition) is 3. The molecule has 2 aliphatic rings. The van der Waals surface area contributed by atoms with Crippen molar-refractivity contribution in [2.75, 3.05) is 18.4 Å². The van der Waals surface area contributed by atoms with Crippen molar-refractivity contribution >= 4 is 35.3 Å². The number of primary amides is 1. The summed E-state index contributed by atoms with van der Waals surface area (Å²) in [5.74, 6) is -0.304. The minimum atomic E-state index is -0.697. The van der Waals surface area contributed by atoms with Crippen molar-refractivity contribution in [3.63, 3.8) is 0 Å². The van der Waals surface area contributed by atoms with E-state index in [2.05, 4.69) is 10.2 Å². The maximum Gasteiger partial charge on any atom is 0.316 e. The van der Waals surface area contributed by atoms with Gasteiger partial charge in [-0.05, 0) is 54.3 Å². The molecule has 2 unspecified atom stereocenters. The highest BCUT2D eigenvalue weighted by Crippen LogP contribution is 2.32. The van der Waals surface area contributed by atoms with Gasteiger partial charge in [0.2, 0.25) is 5.91 Å². The number of nitrogens with zero attached hydrogens (tertiary/aromatic N) is 2. The van der Waals surface area contributed by atoms with Crippen LogP contribution in [0.4, 0.5) is 14.9 Å². The molecule has 2 heterocycles. The van der Waals surface area contributed by atoms with Gasteiger partial charge in [-0.1, -0.05) is 29.8 Å². The molecule has 2 saturated heterocycles. The number of hydrogen-bond donors (Lipinski definition) is 2. The van der Waals surface area contributed by atoms with Crippen LogP contribution in [0, 0.1) is 5.82 Å². The molecular weight excluding hydrogens is 419 g/mol. The number of halogens is 2. The van der Waals surface area contributed by atoms with E-state index in [0.29, 0.717) is 41.4 Å². The Labute approximate surface area is 185 Å². The second-order valence-corrected chi connectivity index (χ2v) is 8.42. The maximum atomic E-state index is 13.2. The van der Waals surface area contributed by atoms with Gasteiger partial charge in [0.25, 0.3) is 0 Å². The zero-order valence-corrected chi connectivity index (χ0v) is 17.7. The number of anilines is 1. The van der Waals surface area contributed by atoms with E-state index in [9.17, 15) is 14.0 Å². The maximum absolute atomic E-state index is 13.2. The molecule has 4 rings (SSSR count). The monoisotopic (exact) mass is 442 g/mol. The van der Waals surface area contributed by atoms with Crippen molar-refractivity contribution < 1.29 is 14.0 Å². The Balaban J connectivity index is 1.41. The number of amides is 3. The molecule has 2 atom stereocenters. The standard InChI is InChI=1S/C23H24ClFN4O2/c24-17-5-3-16(21(11-17)27-23(26)31)4-10-22(30)28-13-19-8-9-20(14-28)29(19)12-15-1-6-18(25)7-2-15/h1-7,10-11,19-20H,8-9,12-14H2,(H3,26,27,31). The third kappa shape index (κ3) is 5.06. The van der Waals surface area contributed by atoms with Crippen LogP contribution in [0.25, 0.3) is 6.08 Å². The second kappa shape index (κ2) is 9.08. The quantitative estimate of drug-likeness (QED) is 0.690. The second-order valence-electron chi connectivity index (χ2n) is 7.98. The minimum absolute atomic E-state index is 0.0710. The Kier molecular flexibility index (Phi) is 6.25. The van der Waals surface area contributed by atoms with E-state index in [1.165, 1.54) is 18.2 Å². The number of carbonyl (C=O) groups excluding carboxylic acids is 2. The summed E-state index contributed by atoms with van der Waals surface area (Å²) in [7, 11) is 0. The lowest BCUT2D eigenvalue weighted by Gasteiger charge is -2.40. The molecule has 31 heavy (non-hydrogen) atoms. The first-order valence-corrected chi connectivity index (χ1v) is 10.6. The van der Waals surface area contributed by atoms with Crippen LogP contribution >= 0.6 is 11.6 Å². The lowest BCUT2D eigenvalue weighted by atomic mass is 10.1. The summed E-state index contributed by atoms with van der Waals surface area (Å²) in [6.45, 7) is 2.09. The van der Waals surface area contributed by atoms with Crippen molar-refractivity contribution in [2.45, 2.75) is 31.5 Å². The topological polar surface area (TPSA) is 78.7 Å². The van der Waals surface area contributed by atoms with Crippen LogP contribution in [0.1, 0.15) is 24.0 Å². The summed E-state index contributed by atoms with van der Waals surface area (Å²) in [4.78, 5) is 28.4. The van der Waals surface area contributed by atoms with Crippen molar-refractivity contribution in [1.82, 2.24) is 9.80 Å². The zero-order valence-electron chi connectivity index (χ0n) is 16.9. The molecule has 2 fully saturated rings. The highest BCUT2D eigenvalue weighted by Gasteiger charge is 2.40. The SMILES string of the molecule is NC(=O)Nc1cc(Cl)ccc1C=CC(=O)N1CC2CCC(C1)N2Cc1ccc(F)cc1. The van der Waals surface area contributed by atoms with Gasteiger partial charge in [0.1, 0.15) is 5.82 Å². The first kappa shape index (κ1) is 21.3. The lowest BCUT2D eigenvalue weighted by Crippen LogP contribution is -2.54. The van der Waals surface area contributed by atoms with E-state index in [1.807, 2.05) is 17.0 Å². The van der Waals surface area contributed by atoms with Gasteiger partial charge in [0.05, 0.1) is 5.69 Å². The molecule has 3 amide bonds. The summed E-state index contributed by atoms with van der Waals surface area (Å²) < 4.78 is 13.2. The summed E-state index contributed by atoms with van der Waals surface area (Å²) in [5.41, 5.74) is 7.39. The Morgan fingerprint density at radius 2 is 1.81 bits per heavy atom. The number of piperazine rings is 1. The molecule has 2 bridgehead atoms. The van der Waals surface area contributed by atoms with E-state index < -0.39 is 6.03 Å². The number of fused-ring (bicyclic) bond motifs is 2. The molecule has 0 spiro atoms. The fraction of sp³-hybridized carbons (Fsp3) is 0.304. The van der Waals surface area contributed by atoms with Gasteiger partial charge in [-0.15, -0.1) is 0 Å². The van der Waals surface area contributed by atoms with E-state index in [0.717, 1.165) is 24.9 Å².